The van der Waals surface area contributed by atoms with Crippen molar-refractivity contribution >= 4 is 35.1 Å². The minimum absolute atomic E-state index is 0.0863. The predicted molar refractivity (Wildman–Crippen MR) is 90.4 cm³/mol. The van der Waals surface area contributed by atoms with Crippen molar-refractivity contribution in [1.29, 1.82) is 0 Å². The average molecular weight is 333 g/mol. The Morgan fingerprint density at radius 3 is 3.05 bits per heavy atom. The van der Waals surface area contributed by atoms with Crippen molar-refractivity contribution in [2.45, 2.75) is 23.6 Å². The highest BCUT2D eigenvalue weighted by molar-refractivity contribution is 7.99. The van der Waals surface area contributed by atoms with Crippen LogP contribution in [0, 0.1) is 6.92 Å². The standard InChI is InChI=1S/C15H15N3O2S2/c1-9-4-2-3-5-11(9)16-13(19)8-22-15-17-12-7-21-6-10(12)14(20)18-15/h2-5H,6-8H2,1H3,(H,16,19)(H,17,18,20). The van der Waals surface area contributed by atoms with Crippen LogP contribution in [0.25, 0.3) is 0 Å². The molecule has 1 aromatic carbocycles. The first-order valence-electron chi connectivity index (χ1n) is 6.81. The van der Waals surface area contributed by atoms with Gasteiger partial charge in [0.1, 0.15) is 0 Å². The molecule has 0 fully saturated rings. The van der Waals surface area contributed by atoms with Crippen LogP contribution in [-0.4, -0.2) is 21.6 Å². The second kappa shape index (κ2) is 6.58. The SMILES string of the molecule is Cc1ccccc1NC(=O)CSc1nc2c(c(=O)[nH]1)CSC2. The summed E-state index contributed by atoms with van der Waals surface area (Å²) >= 11 is 2.93. The van der Waals surface area contributed by atoms with Gasteiger partial charge >= 0.3 is 0 Å². The summed E-state index contributed by atoms with van der Waals surface area (Å²) in [4.78, 5) is 31.0. The molecule has 0 atom stereocenters. The smallest absolute Gasteiger partial charge is 0.255 e. The second-order valence-corrected chi connectivity index (χ2v) is 6.89. The number of aromatic nitrogens is 2. The second-order valence-electron chi connectivity index (χ2n) is 4.94. The molecular weight excluding hydrogens is 318 g/mol. The van der Waals surface area contributed by atoms with Crippen molar-refractivity contribution in [3.05, 3.63) is 51.4 Å². The number of hydrogen-bond acceptors (Lipinski definition) is 5. The number of amides is 1. The predicted octanol–water partition coefficient (Wildman–Crippen LogP) is 2.56. The molecule has 1 amide bonds. The van der Waals surface area contributed by atoms with Gasteiger partial charge in [-0.15, -0.1) is 0 Å². The Hall–Kier alpha value is -1.73. The number of aryl methyl sites for hydroxylation is 1. The molecule has 0 saturated carbocycles. The largest absolute Gasteiger partial charge is 0.325 e. The lowest BCUT2D eigenvalue weighted by atomic mass is 10.2. The Labute approximate surface area is 136 Å². The van der Waals surface area contributed by atoms with E-state index < -0.39 is 0 Å². The fourth-order valence-electron chi connectivity index (χ4n) is 2.14. The van der Waals surface area contributed by atoms with Crippen LogP contribution in [0.15, 0.2) is 34.2 Å². The summed E-state index contributed by atoms with van der Waals surface area (Å²) in [5.41, 5.74) is 3.34. The number of carbonyl (C=O) groups excluding carboxylic acids is 1. The highest BCUT2D eigenvalue weighted by Crippen LogP contribution is 2.26. The van der Waals surface area contributed by atoms with Gasteiger partial charge in [-0.25, -0.2) is 4.98 Å². The van der Waals surface area contributed by atoms with Crippen LogP contribution in [-0.2, 0) is 16.3 Å². The Morgan fingerprint density at radius 2 is 2.23 bits per heavy atom. The number of anilines is 1. The van der Waals surface area contributed by atoms with E-state index in [2.05, 4.69) is 15.3 Å². The molecule has 2 aromatic rings. The topological polar surface area (TPSA) is 74.8 Å². The zero-order valence-electron chi connectivity index (χ0n) is 12.0. The lowest BCUT2D eigenvalue weighted by molar-refractivity contribution is -0.113. The van der Waals surface area contributed by atoms with Crippen molar-refractivity contribution in [1.82, 2.24) is 9.97 Å². The van der Waals surface area contributed by atoms with Crippen LogP contribution in [0.4, 0.5) is 5.69 Å². The lowest BCUT2D eigenvalue weighted by Gasteiger charge is -2.08. The van der Waals surface area contributed by atoms with Crippen molar-refractivity contribution in [3.63, 3.8) is 0 Å². The number of rotatable bonds is 4. The number of fused-ring (bicyclic) bond motifs is 1. The molecular formula is C15H15N3O2S2. The average Bonchev–Trinajstić information content (AvgIpc) is 2.97. The summed E-state index contributed by atoms with van der Waals surface area (Å²) in [6.45, 7) is 1.94. The minimum atomic E-state index is -0.114. The van der Waals surface area contributed by atoms with E-state index >= 15 is 0 Å². The summed E-state index contributed by atoms with van der Waals surface area (Å²) in [7, 11) is 0. The third-order valence-electron chi connectivity index (χ3n) is 3.32. The molecule has 2 N–H and O–H groups in total. The molecule has 22 heavy (non-hydrogen) atoms. The first-order chi connectivity index (χ1) is 10.6. The maximum Gasteiger partial charge on any atom is 0.255 e. The number of H-pyrrole nitrogens is 1. The van der Waals surface area contributed by atoms with Gasteiger partial charge in [0.15, 0.2) is 5.16 Å². The third-order valence-corrected chi connectivity index (χ3v) is 5.17. The summed E-state index contributed by atoms with van der Waals surface area (Å²) in [5, 5.41) is 3.37. The number of benzene rings is 1. The molecule has 0 spiro atoms. The molecule has 1 aliphatic heterocycles. The Bertz CT molecular complexity index is 774. The van der Waals surface area contributed by atoms with E-state index in [0.717, 1.165) is 34.0 Å². The summed E-state index contributed by atoms with van der Waals surface area (Å²) in [6, 6.07) is 7.62. The van der Waals surface area contributed by atoms with Gasteiger partial charge in [-0.05, 0) is 18.6 Å². The zero-order valence-corrected chi connectivity index (χ0v) is 13.6. The van der Waals surface area contributed by atoms with E-state index in [4.69, 9.17) is 0 Å². The number of thioether (sulfide) groups is 2. The zero-order chi connectivity index (χ0) is 15.5. The van der Waals surface area contributed by atoms with Gasteiger partial charge in [-0.2, -0.15) is 11.8 Å². The molecule has 1 aliphatic rings. The van der Waals surface area contributed by atoms with Gasteiger partial charge in [0.2, 0.25) is 5.91 Å². The van der Waals surface area contributed by atoms with Gasteiger partial charge in [0, 0.05) is 22.8 Å². The molecule has 0 saturated heterocycles. The van der Waals surface area contributed by atoms with E-state index in [0.29, 0.717) is 5.16 Å². The van der Waals surface area contributed by atoms with Crippen LogP contribution >= 0.6 is 23.5 Å². The van der Waals surface area contributed by atoms with Crippen LogP contribution in [0.5, 0.6) is 0 Å². The molecule has 0 unspecified atom stereocenters. The number of aromatic amines is 1. The van der Waals surface area contributed by atoms with E-state index in [-0.39, 0.29) is 17.2 Å². The number of hydrogen-bond donors (Lipinski definition) is 2. The molecule has 1 aromatic heterocycles. The molecule has 5 nitrogen and oxygen atoms in total. The Morgan fingerprint density at radius 1 is 1.41 bits per heavy atom. The normalized spacial score (nSPS) is 13.0. The third kappa shape index (κ3) is 3.36. The van der Waals surface area contributed by atoms with Gasteiger partial charge in [0.05, 0.1) is 11.4 Å². The van der Waals surface area contributed by atoms with Crippen molar-refractivity contribution in [3.8, 4) is 0 Å². The number of nitrogens with zero attached hydrogens (tertiary/aromatic N) is 1. The highest BCUT2D eigenvalue weighted by Gasteiger charge is 2.18. The van der Waals surface area contributed by atoms with E-state index in [9.17, 15) is 9.59 Å². The maximum absolute atomic E-state index is 12.0. The molecule has 7 heteroatoms. The summed E-state index contributed by atoms with van der Waals surface area (Å²) in [5.74, 6) is 1.58. The summed E-state index contributed by atoms with van der Waals surface area (Å²) in [6.07, 6.45) is 0. The van der Waals surface area contributed by atoms with Crippen molar-refractivity contribution < 1.29 is 4.79 Å². The Kier molecular flexibility index (Phi) is 4.54. The highest BCUT2D eigenvalue weighted by atomic mass is 32.2. The van der Waals surface area contributed by atoms with E-state index in [1.54, 1.807) is 11.8 Å². The molecule has 0 bridgehead atoms. The fraction of sp³-hybridized carbons (Fsp3) is 0.267. The van der Waals surface area contributed by atoms with Gasteiger partial charge in [-0.3, -0.25) is 9.59 Å². The molecule has 114 valence electrons. The number of para-hydroxylation sites is 1. The fourth-order valence-corrected chi connectivity index (χ4v) is 3.86. The van der Waals surface area contributed by atoms with Crippen LogP contribution in [0.2, 0.25) is 0 Å². The summed E-state index contributed by atoms with van der Waals surface area (Å²) < 4.78 is 0. The van der Waals surface area contributed by atoms with Gasteiger partial charge < -0.3 is 10.3 Å². The van der Waals surface area contributed by atoms with Crippen molar-refractivity contribution in [2.24, 2.45) is 0 Å². The maximum atomic E-state index is 12.0. The van der Waals surface area contributed by atoms with Gasteiger partial charge in [0.25, 0.3) is 5.56 Å². The first-order valence-corrected chi connectivity index (χ1v) is 8.95. The van der Waals surface area contributed by atoms with Crippen molar-refractivity contribution in [2.75, 3.05) is 11.1 Å². The molecule has 0 aliphatic carbocycles. The number of nitrogens with one attached hydrogen (secondary N) is 2. The Balaban J connectivity index is 1.63. The van der Waals surface area contributed by atoms with Gasteiger partial charge in [-0.1, -0.05) is 30.0 Å². The monoisotopic (exact) mass is 333 g/mol. The van der Waals surface area contributed by atoms with E-state index in [1.807, 2.05) is 31.2 Å². The van der Waals surface area contributed by atoms with Crippen LogP contribution in [0.1, 0.15) is 16.8 Å². The van der Waals surface area contributed by atoms with Crippen LogP contribution < -0.4 is 10.9 Å². The van der Waals surface area contributed by atoms with Crippen LogP contribution in [0.3, 0.4) is 0 Å². The molecule has 2 heterocycles. The molecule has 3 rings (SSSR count). The first kappa shape index (κ1) is 15.2. The quantitative estimate of drug-likeness (QED) is 0.664. The molecule has 0 radical (unpaired) electrons. The number of carbonyl (C=O) groups is 1. The minimum Gasteiger partial charge on any atom is -0.325 e. The lowest BCUT2D eigenvalue weighted by Crippen LogP contribution is -2.17. The van der Waals surface area contributed by atoms with E-state index in [1.165, 1.54) is 11.8 Å².